The predicted molar refractivity (Wildman–Crippen MR) is 295 cm³/mol. The second-order valence-corrected chi connectivity index (χ2v) is 19.1. The van der Waals surface area contributed by atoms with Crippen LogP contribution in [0.3, 0.4) is 0 Å². The molecule has 0 aliphatic rings. The van der Waals surface area contributed by atoms with Crippen LogP contribution in [0.5, 0.6) is 23.0 Å². The minimum Gasteiger partial charge on any atom is -0.457 e. The molecule has 348 valence electrons. The van der Waals surface area contributed by atoms with Gasteiger partial charge in [0.2, 0.25) is 5.95 Å². The lowest BCUT2D eigenvalue weighted by Crippen LogP contribution is -2.01. The van der Waals surface area contributed by atoms with Gasteiger partial charge in [-0.15, -0.1) is 0 Å². The monoisotopic (exact) mass is 943 g/mol. The number of aromatic nitrogens is 7. The van der Waals surface area contributed by atoms with Crippen molar-refractivity contribution in [3.8, 4) is 51.7 Å². The molecule has 0 bridgehead atoms. The summed E-state index contributed by atoms with van der Waals surface area (Å²) in [6.07, 6.45) is 6.64. The first kappa shape index (κ1) is 42.3. The minimum absolute atomic E-state index is 0.537. The third kappa shape index (κ3) is 7.32. The van der Waals surface area contributed by atoms with Crippen molar-refractivity contribution in [3.63, 3.8) is 0 Å². The molecule has 6 aromatic heterocycles. The molecule has 14 aromatic rings. The number of nitrogens with zero attached hydrogens (tertiary/aromatic N) is 7. The molecule has 0 fully saturated rings. The zero-order valence-corrected chi connectivity index (χ0v) is 40.0. The maximum absolute atomic E-state index is 6.80. The number of para-hydroxylation sites is 2. The predicted octanol–water partition coefficient (Wildman–Crippen LogP) is 16.2. The Labute approximate surface area is 419 Å². The molecule has 0 saturated heterocycles. The minimum atomic E-state index is 0.537. The van der Waals surface area contributed by atoms with Gasteiger partial charge in [-0.1, -0.05) is 92.7 Å². The van der Waals surface area contributed by atoms with Gasteiger partial charge in [0.05, 0.1) is 38.6 Å². The zero-order valence-electron chi connectivity index (χ0n) is 40.0. The van der Waals surface area contributed by atoms with Crippen molar-refractivity contribution in [2.45, 2.75) is 20.3 Å². The first-order valence-electron chi connectivity index (χ1n) is 24.7. The maximum Gasteiger partial charge on any atom is 0.235 e. The average molecular weight is 944 g/mol. The molecule has 6 heterocycles. The van der Waals surface area contributed by atoms with Crippen LogP contribution in [0.25, 0.3) is 105 Å². The first-order chi connectivity index (χ1) is 36.0. The Morgan fingerprint density at radius 2 is 0.849 bits per heavy atom. The van der Waals surface area contributed by atoms with Crippen LogP contribution in [-0.2, 0) is 6.42 Å². The van der Waals surface area contributed by atoms with Gasteiger partial charge in [0.15, 0.2) is 0 Å². The number of benzene rings is 8. The topological polar surface area (TPSA) is 84.8 Å². The van der Waals surface area contributed by atoms with Crippen molar-refractivity contribution >= 4 is 76.3 Å². The van der Waals surface area contributed by atoms with Crippen LogP contribution in [0.1, 0.15) is 19.4 Å². The number of pyridine rings is 2. The van der Waals surface area contributed by atoms with Gasteiger partial charge < -0.3 is 9.47 Å². The Hall–Kier alpha value is -9.60. The molecule has 9 nitrogen and oxygen atoms in total. The lowest BCUT2D eigenvalue weighted by molar-refractivity contribution is 0.484. The number of rotatable bonds is 10. The summed E-state index contributed by atoms with van der Waals surface area (Å²) in [7, 11) is 0. The van der Waals surface area contributed by atoms with Crippen LogP contribution in [-0.4, -0.2) is 33.6 Å². The largest absolute Gasteiger partial charge is 0.457 e. The lowest BCUT2D eigenvalue weighted by atomic mass is 9.98. The smallest absolute Gasteiger partial charge is 0.235 e. The van der Waals surface area contributed by atoms with Gasteiger partial charge in [-0.05, 0) is 126 Å². The summed E-state index contributed by atoms with van der Waals surface area (Å²) in [5.74, 6) is 5.59. The van der Waals surface area contributed by atoms with Crippen molar-refractivity contribution in [2.24, 2.45) is 5.92 Å². The van der Waals surface area contributed by atoms with E-state index in [1.807, 2.05) is 79.3 Å². The Morgan fingerprint density at radius 3 is 1.33 bits per heavy atom. The zero-order chi connectivity index (χ0) is 48.6. The van der Waals surface area contributed by atoms with E-state index >= 15 is 0 Å². The highest BCUT2D eigenvalue weighted by atomic mass is 16.5. The van der Waals surface area contributed by atoms with Crippen molar-refractivity contribution in [3.05, 3.63) is 224 Å². The van der Waals surface area contributed by atoms with E-state index in [0.717, 1.165) is 106 Å². The summed E-state index contributed by atoms with van der Waals surface area (Å²) in [6, 6.07) is 69.1. The molecule has 0 radical (unpaired) electrons. The molecular weight excluding hydrogens is 899 g/mol. The van der Waals surface area contributed by atoms with E-state index < -0.39 is 0 Å². The average Bonchev–Trinajstić information content (AvgIpc) is 4.06. The van der Waals surface area contributed by atoms with Crippen LogP contribution in [0, 0.1) is 5.92 Å². The first-order valence-corrected chi connectivity index (χ1v) is 24.7. The summed E-state index contributed by atoms with van der Waals surface area (Å²) in [6.45, 7) is 4.51. The van der Waals surface area contributed by atoms with Crippen LogP contribution in [0.15, 0.2) is 219 Å². The van der Waals surface area contributed by atoms with Crippen molar-refractivity contribution in [1.29, 1.82) is 0 Å². The highest BCUT2D eigenvalue weighted by Crippen LogP contribution is 2.41. The van der Waals surface area contributed by atoms with E-state index in [2.05, 4.69) is 167 Å². The van der Waals surface area contributed by atoms with E-state index in [4.69, 9.17) is 29.4 Å². The SMILES string of the molecule is CC(C)Cc1ccc(-c2ccc3nc(-n4c5cc(Oc6ccc7c8ccccc8n(-c8ccccn8)c7c6)ccc5c5ccc(Oc6ccc7c8ccccc8n(-c8ccccn8)c7c6)cc54)ncc3c2)cc1. The molecule has 0 unspecified atom stereocenters. The van der Waals surface area contributed by atoms with Gasteiger partial charge in [-0.25, -0.2) is 19.9 Å². The number of ether oxygens (including phenoxy) is 2. The highest BCUT2D eigenvalue weighted by molar-refractivity contribution is 6.12. The standard InChI is InChI=1S/C64H45N7O2/c1-40(2)33-41-17-19-42(20-18-41)43-21-30-55-44(34-43)39-67-64(68-55)71-60-37-47(72-45-22-26-51-49-11-3-5-13-56(49)69(58(51)35-45)62-15-7-9-31-65-62)24-28-53(60)54-29-25-48(38-61(54)71)73-46-23-27-52-50-12-4-6-14-57(50)70(59(52)36-46)63-16-8-10-32-66-63/h3-32,34-40H,33H2,1-2H3. The molecule has 0 atom stereocenters. The fourth-order valence-corrected chi connectivity index (χ4v) is 10.7. The van der Waals surface area contributed by atoms with E-state index in [9.17, 15) is 0 Å². The fourth-order valence-electron chi connectivity index (χ4n) is 10.7. The van der Waals surface area contributed by atoms with Crippen molar-refractivity contribution < 1.29 is 9.47 Å². The molecular formula is C64H45N7O2. The van der Waals surface area contributed by atoms with Gasteiger partial charge in [-0.2, -0.15) is 0 Å². The molecule has 9 heteroatoms. The summed E-state index contributed by atoms with van der Waals surface area (Å²) in [4.78, 5) is 19.8. The molecule has 0 N–H and O–H groups in total. The molecule has 0 spiro atoms. The number of fused-ring (bicyclic) bond motifs is 10. The third-order valence-electron chi connectivity index (χ3n) is 13.9. The summed E-state index contributed by atoms with van der Waals surface area (Å²) < 4.78 is 20.1. The number of hydrogen-bond acceptors (Lipinski definition) is 6. The van der Waals surface area contributed by atoms with E-state index in [-0.39, 0.29) is 0 Å². The van der Waals surface area contributed by atoms with E-state index in [1.165, 1.54) is 5.56 Å². The molecule has 73 heavy (non-hydrogen) atoms. The third-order valence-corrected chi connectivity index (χ3v) is 13.9. The Bertz CT molecular complexity index is 4230. The maximum atomic E-state index is 6.80. The second-order valence-electron chi connectivity index (χ2n) is 19.1. The van der Waals surface area contributed by atoms with Gasteiger partial charge in [0.1, 0.15) is 34.6 Å². The van der Waals surface area contributed by atoms with Crippen LogP contribution >= 0.6 is 0 Å². The van der Waals surface area contributed by atoms with E-state index in [1.54, 1.807) is 0 Å². The summed E-state index contributed by atoms with van der Waals surface area (Å²) in [5.41, 5.74) is 10.4. The quantitative estimate of drug-likeness (QED) is 0.136. The molecule has 0 aliphatic carbocycles. The van der Waals surface area contributed by atoms with Gasteiger partial charge in [-0.3, -0.25) is 13.7 Å². The van der Waals surface area contributed by atoms with Crippen molar-refractivity contribution in [1.82, 2.24) is 33.6 Å². The fraction of sp³-hybridized carbons (Fsp3) is 0.0625. The normalized spacial score (nSPS) is 11.9. The molecule has 0 aliphatic heterocycles. The van der Waals surface area contributed by atoms with Crippen LogP contribution < -0.4 is 9.47 Å². The van der Waals surface area contributed by atoms with Gasteiger partial charge in [0, 0.05) is 80.6 Å². The molecule has 0 saturated carbocycles. The molecule has 8 aromatic carbocycles. The van der Waals surface area contributed by atoms with Gasteiger partial charge >= 0.3 is 0 Å². The Balaban J connectivity index is 0.887. The summed E-state index contributed by atoms with van der Waals surface area (Å²) in [5, 5.41) is 7.56. The second kappa shape index (κ2) is 17.1. The van der Waals surface area contributed by atoms with Crippen LogP contribution in [0.2, 0.25) is 0 Å². The van der Waals surface area contributed by atoms with Crippen LogP contribution in [0.4, 0.5) is 0 Å². The van der Waals surface area contributed by atoms with Crippen molar-refractivity contribution in [2.75, 3.05) is 0 Å². The van der Waals surface area contributed by atoms with E-state index in [0.29, 0.717) is 34.9 Å². The summed E-state index contributed by atoms with van der Waals surface area (Å²) >= 11 is 0. The highest BCUT2D eigenvalue weighted by Gasteiger charge is 2.20. The molecule has 0 amide bonds. The Kier molecular flexibility index (Phi) is 9.89. The lowest BCUT2D eigenvalue weighted by Gasteiger charge is -2.11. The Morgan fingerprint density at radius 1 is 0.397 bits per heavy atom. The molecule has 14 rings (SSSR count). The number of hydrogen-bond donors (Lipinski definition) is 0. The van der Waals surface area contributed by atoms with Gasteiger partial charge in [0.25, 0.3) is 0 Å².